The third-order valence-electron chi connectivity index (χ3n) is 4.66. The quantitative estimate of drug-likeness (QED) is 0.401. The molecular weight excluding hydrogens is 316 g/mol. The predicted octanol–water partition coefficient (Wildman–Crippen LogP) is 5.74. The summed E-state index contributed by atoms with van der Waals surface area (Å²) in [5, 5.41) is 0. The molecule has 23 heavy (non-hydrogen) atoms. The average molecular weight is 334 g/mol. The molecule has 0 aromatic heterocycles. The molecule has 1 heterocycles. The van der Waals surface area contributed by atoms with Crippen molar-refractivity contribution in [3.05, 3.63) is 77.9 Å². The van der Waals surface area contributed by atoms with Crippen LogP contribution in [0.1, 0.15) is 17.5 Å². The molecule has 0 spiro atoms. The van der Waals surface area contributed by atoms with Gasteiger partial charge in [0.1, 0.15) is 10.9 Å². The highest BCUT2D eigenvalue weighted by Gasteiger charge is 2.38. The number of hydrogen-bond donors (Lipinski definition) is 0. The number of rotatable bonds is 1. The molecule has 5 rings (SSSR count). The van der Waals surface area contributed by atoms with Crippen LogP contribution in [0.4, 0.5) is 0 Å². The number of benzene rings is 3. The van der Waals surface area contributed by atoms with Crippen LogP contribution >= 0.6 is 11.8 Å². The van der Waals surface area contributed by atoms with Crippen molar-refractivity contribution in [3.8, 4) is 0 Å². The summed E-state index contributed by atoms with van der Waals surface area (Å²) < 4.78 is 0. The van der Waals surface area contributed by atoms with Crippen molar-refractivity contribution in [2.45, 2.75) is 43.7 Å². The Morgan fingerprint density at radius 1 is 0.696 bits per heavy atom. The first-order chi connectivity index (χ1) is 11.4. The highest BCUT2D eigenvalue weighted by molar-refractivity contribution is 8.04. The zero-order chi connectivity index (χ0) is 15.2. The predicted molar refractivity (Wildman–Crippen MR) is 97.6 cm³/mol. The van der Waals surface area contributed by atoms with Crippen LogP contribution in [0.2, 0.25) is 0 Å². The largest absolute Gasteiger partial charge is 0.180 e. The van der Waals surface area contributed by atoms with Crippen molar-refractivity contribution in [1.82, 2.24) is 0 Å². The van der Waals surface area contributed by atoms with Gasteiger partial charge in [-0.2, -0.15) is 0 Å². The second-order valence-corrected chi connectivity index (χ2v) is 9.13. The van der Waals surface area contributed by atoms with Crippen molar-refractivity contribution in [2.75, 3.05) is 0 Å². The van der Waals surface area contributed by atoms with E-state index in [1.165, 1.54) is 43.7 Å². The first-order valence-corrected chi connectivity index (χ1v) is 10.2. The van der Waals surface area contributed by atoms with Gasteiger partial charge in [0.05, 0.1) is 9.79 Å². The molecule has 0 saturated heterocycles. The van der Waals surface area contributed by atoms with Gasteiger partial charge in [0.2, 0.25) is 0 Å². The van der Waals surface area contributed by atoms with Crippen molar-refractivity contribution in [2.24, 2.45) is 0 Å². The summed E-state index contributed by atoms with van der Waals surface area (Å²) in [5.41, 5.74) is 3.13. The van der Waals surface area contributed by atoms with Gasteiger partial charge in [-0.3, -0.25) is 0 Å². The molecule has 3 aromatic carbocycles. The minimum atomic E-state index is 0.0289. The molecule has 0 radical (unpaired) electrons. The van der Waals surface area contributed by atoms with E-state index in [2.05, 4.69) is 66.7 Å². The van der Waals surface area contributed by atoms with Crippen LogP contribution in [0.25, 0.3) is 0 Å². The van der Waals surface area contributed by atoms with E-state index in [4.69, 9.17) is 0 Å². The summed E-state index contributed by atoms with van der Waals surface area (Å²) in [5.74, 6) is 0. The van der Waals surface area contributed by atoms with Gasteiger partial charge in [-0.05, 0) is 66.8 Å². The van der Waals surface area contributed by atoms with E-state index < -0.39 is 0 Å². The topological polar surface area (TPSA) is 0 Å². The van der Waals surface area contributed by atoms with E-state index in [0.717, 1.165) is 0 Å². The summed E-state index contributed by atoms with van der Waals surface area (Å²) >= 11 is 1.91. The normalized spacial score (nSPS) is 15.8. The maximum absolute atomic E-state index is 2.48. The summed E-state index contributed by atoms with van der Waals surface area (Å²) in [6, 6.07) is 25.1. The maximum Gasteiger partial charge on any atom is 0.180 e. The first-order valence-electron chi connectivity index (χ1n) is 8.12. The summed E-state index contributed by atoms with van der Waals surface area (Å²) in [6.45, 7) is 0. The Kier molecular flexibility index (Phi) is 3.27. The maximum atomic E-state index is 2.48. The van der Waals surface area contributed by atoms with Gasteiger partial charge in [0.15, 0.2) is 14.7 Å². The molecule has 1 aliphatic heterocycles. The van der Waals surface area contributed by atoms with Crippen LogP contribution in [-0.4, -0.2) is 0 Å². The minimum Gasteiger partial charge on any atom is -0.0795 e. The fourth-order valence-corrected chi connectivity index (χ4v) is 7.37. The monoisotopic (exact) mass is 333 g/mol. The third kappa shape index (κ3) is 2.24. The van der Waals surface area contributed by atoms with Gasteiger partial charge < -0.3 is 0 Å². The Bertz CT molecular complexity index is 852. The Hall–Kier alpha value is -1.64. The van der Waals surface area contributed by atoms with E-state index >= 15 is 0 Å². The lowest BCUT2D eigenvalue weighted by atomic mass is 10.1. The van der Waals surface area contributed by atoms with Crippen LogP contribution in [-0.2, 0) is 23.7 Å². The van der Waals surface area contributed by atoms with Crippen molar-refractivity contribution in [1.29, 1.82) is 0 Å². The Morgan fingerprint density at radius 2 is 1.35 bits per heavy atom. The molecule has 0 unspecified atom stereocenters. The van der Waals surface area contributed by atoms with E-state index in [9.17, 15) is 0 Å². The molecule has 0 saturated carbocycles. The molecular formula is C21H17S2+. The fourth-order valence-electron chi connectivity index (χ4n) is 3.57. The first kappa shape index (κ1) is 13.8. The summed E-state index contributed by atoms with van der Waals surface area (Å²) in [4.78, 5) is 7.26. The summed E-state index contributed by atoms with van der Waals surface area (Å²) in [6.07, 6.45) is 3.82. The molecule has 0 fully saturated rings. The van der Waals surface area contributed by atoms with Gasteiger partial charge in [-0.25, -0.2) is 0 Å². The van der Waals surface area contributed by atoms with Crippen LogP contribution in [0.5, 0.6) is 0 Å². The lowest BCUT2D eigenvalue weighted by Gasteiger charge is -2.19. The molecule has 2 heteroatoms. The average Bonchev–Trinajstić information content (AvgIpc) is 3.07. The van der Waals surface area contributed by atoms with Crippen molar-refractivity contribution in [3.63, 3.8) is 0 Å². The molecule has 0 atom stereocenters. The smallest absolute Gasteiger partial charge is 0.0795 e. The van der Waals surface area contributed by atoms with E-state index in [0.29, 0.717) is 0 Å². The van der Waals surface area contributed by atoms with Crippen LogP contribution in [0.3, 0.4) is 0 Å². The number of fused-ring (bicyclic) bond motifs is 3. The molecule has 0 bridgehead atoms. The van der Waals surface area contributed by atoms with Crippen LogP contribution < -0.4 is 0 Å². The molecule has 112 valence electrons. The molecule has 0 N–H and O–H groups in total. The van der Waals surface area contributed by atoms with Gasteiger partial charge in [0, 0.05) is 0 Å². The molecule has 1 aliphatic carbocycles. The van der Waals surface area contributed by atoms with Crippen molar-refractivity contribution < 1.29 is 0 Å². The van der Waals surface area contributed by atoms with Crippen LogP contribution in [0.15, 0.2) is 91.2 Å². The van der Waals surface area contributed by atoms with Gasteiger partial charge in [-0.1, -0.05) is 42.1 Å². The fraction of sp³-hybridized carbons (Fsp3) is 0.143. The number of hydrogen-bond acceptors (Lipinski definition) is 1. The van der Waals surface area contributed by atoms with Crippen molar-refractivity contribution >= 4 is 22.7 Å². The Balaban J connectivity index is 1.73. The Morgan fingerprint density at radius 3 is 2.09 bits per heavy atom. The third-order valence-corrected chi connectivity index (χ3v) is 8.39. The SMILES string of the molecule is c1ccc2c(c1)Sc1ccccc1[S+]2c1ccc2c(c1)CCC2. The molecule has 3 aromatic rings. The van der Waals surface area contributed by atoms with E-state index in [-0.39, 0.29) is 10.9 Å². The summed E-state index contributed by atoms with van der Waals surface area (Å²) in [7, 11) is 0.0289. The minimum absolute atomic E-state index is 0.0289. The van der Waals surface area contributed by atoms with Crippen LogP contribution in [0, 0.1) is 0 Å². The second kappa shape index (κ2) is 5.47. The molecule has 0 amide bonds. The standard InChI is InChI=1S/C21H17S2/c1-3-10-20-18(8-1)22-19-9-2-4-11-21(19)23(20)17-13-12-15-6-5-7-16(15)14-17/h1-4,8-14H,5-7H2/q+1. The van der Waals surface area contributed by atoms with Gasteiger partial charge >= 0.3 is 0 Å². The second-order valence-electron chi connectivity index (χ2n) is 6.09. The lowest BCUT2D eigenvalue weighted by Crippen LogP contribution is -2.11. The zero-order valence-corrected chi connectivity index (χ0v) is 14.4. The molecule has 0 nitrogen and oxygen atoms in total. The van der Waals surface area contributed by atoms with E-state index in [1.54, 1.807) is 11.1 Å². The highest BCUT2D eigenvalue weighted by atomic mass is 32.2. The highest BCUT2D eigenvalue weighted by Crippen LogP contribution is 2.48. The zero-order valence-electron chi connectivity index (χ0n) is 12.8. The van der Waals surface area contributed by atoms with Gasteiger partial charge in [-0.15, -0.1) is 0 Å². The number of aryl methyl sites for hydroxylation is 2. The lowest BCUT2D eigenvalue weighted by molar-refractivity contribution is 0.911. The molecule has 2 aliphatic rings. The van der Waals surface area contributed by atoms with Gasteiger partial charge in [0.25, 0.3) is 0 Å². The Labute approximate surface area is 144 Å². The van der Waals surface area contributed by atoms with E-state index in [1.807, 2.05) is 11.8 Å².